The van der Waals surface area contributed by atoms with Crippen molar-refractivity contribution in [3.63, 3.8) is 0 Å². The van der Waals surface area contributed by atoms with Gasteiger partial charge in [0.25, 0.3) is 5.56 Å². The van der Waals surface area contributed by atoms with Crippen molar-refractivity contribution >= 4 is 45.3 Å². The fraction of sp³-hybridized carbons (Fsp3) is 0.529. The van der Waals surface area contributed by atoms with Crippen molar-refractivity contribution in [2.45, 2.75) is 62.9 Å². The molecule has 1 aliphatic rings. The fourth-order valence-corrected chi connectivity index (χ4v) is 5.34. The van der Waals surface area contributed by atoms with Crippen molar-refractivity contribution < 1.29 is 9.59 Å². The van der Waals surface area contributed by atoms with Crippen LogP contribution < -0.4 is 16.6 Å². The maximum atomic E-state index is 13.2. The largest absolute Gasteiger partial charge is 0.351 e. The van der Waals surface area contributed by atoms with Gasteiger partial charge in [-0.25, -0.2) is 9.78 Å². The van der Waals surface area contributed by atoms with E-state index in [0.717, 1.165) is 36.1 Å². The Hall–Kier alpha value is -1.87. The van der Waals surface area contributed by atoms with Crippen molar-refractivity contribution in [1.29, 1.82) is 0 Å². The number of carbonyl (C=O) groups excluding carboxylic acids is 2. The number of rotatable bonds is 4. The molecular formula is C17H22N4O3S2. The molecule has 0 bridgehead atoms. The average molecular weight is 395 g/mol. The van der Waals surface area contributed by atoms with Crippen LogP contribution in [-0.4, -0.2) is 26.7 Å². The van der Waals surface area contributed by atoms with Gasteiger partial charge in [-0.2, -0.15) is 0 Å². The lowest BCUT2D eigenvalue weighted by Crippen LogP contribution is -2.39. The fourth-order valence-electron chi connectivity index (χ4n) is 3.29. The number of urea groups is 1. The van der Waals surface area contributed by atoms with E-state index in [0.29, 0.717) is 15.4 Å². The molecule has 1 fully saturated rings. The number of aromatic nitrogens is 2. The molecule has 0 radical (unpaired) electrons. The van der Waals surface area contributed by atoms with Crippen LogP contribution in [0, 0.1) is 13.8 Å². The van der Waals surface area contributed by atoms with Crippen LogP contribution in [-0.2, 0) is 4.79 Å². The van der Waals surface area contributed by atoms with E-state index in [9.17, 15) is 14.4 Å². The lowest BCUT2D eigenvalue weighted by atomic mass is 10.2. The van der Waals surface area contributed by atoms with Crippen LogP contribution >= 0.6 is 23.1 Å². The highest BCUT2D eigenvalue weighted by Crippen LogP contribution is 2.35. The van der Waals surface area contributed by atoms with Gasteiger partial charge in [-0.3, -0.25) is 19.5 Å². The Kier molecular flexibility index (Phi) is 5.38. The van der Waals surface area contributed by atoms with Crippen molar-refractivity contribution in [2.24, 2.45) is 5.73 Å². The molecule has 0 spiro atoms. The van der Waals surface area contributed by atoms with Crippen molar-refractivity contribution in [3.05, 3.63) is 20.8 Å². The first kappa shape index (κ1) is 18.9. The minimum Gasteiger partial charge on any atom is -0.351 e. The van der Waals surface area contributed by atoms with Gasteiger partial charge in [0.15, 0.2) is 5.16 Å². The Labute approximate surface area is 159 Å². The van der Waals surface area contributed by atoms with Gasteiger partial charge in [-0.15, -0.1) is 11.3 Å². The van der Waals surface area contributed by atoms with Crippen LogP contribution in [0.25, 0.3) is 10.2 Å². The maximum absolute atomic E-state index is 13.2. The third-order valence-electron chi connectivity index (χ3n) is 4.79. The summed E-state index contributed by atoms with van der Waals surface area (Å²) in [7, 11) is 0. The SMILES string of the molecule is Cc1sc2nc(SC(C)C(=O)NC(N)=O)n(C3CCCC3)c(=O)c2c1C. The van der Waals surface area contributed by atoms with Crippen LogP contribution in [0.1, 0.15) is 49.1 Å². The monoisotopic (exact) mass is 394 g/mol. The molecule has 1 saturated carbocycles. The zero-order valence-electron chi connectivity index (χ0n) is 15.0. The lowest BCUT2D eigenvalue weighted by Gasteiger charge is -2.19. The molecule has 2 heterocycles. The first-order chi connectivity index (χ1) is 12.3. The van der Waals surface area contributed by atoms with Crippen LogP contribution in [0.4, 0.5) is 4.79 Å². The van der Waals surface area contributed by atoms with Gasteiger partial charge in [0, 0.05) is 10.9 Å². The zero-order valence-corrected chi connectivity index (χ0v) is 16.6. The van der Waals surface area contributed by atoms with Gasteiger partial charge in [-0.1, -0.05) is 24.6 Å². The summed E-state index contributed by atoms with van der Waals surface area (Å²) in [6.07, 6.45) is 4.03. The molecule has 140 valence electrons. The summed E-state index contributed by atoms with van der Waals surface area (Å²) in [5.41, 5.74) is 5.97. The molecule has 3 amide bonds. The Bertz CT molecular complexity index is 928. The summed E-state index contributed by atoms with van der Waals surface area (Å²) in [4.78, 5) is 42.7. The Balaban J connectivity index is 2.08. The van der Waals surface area contributed by atoms with Crippen LogP contribution in [0.5, 0.6) is 0 Å². The second-order valence-electron chi connectivity index (χ2n) is 6.58. The highest BCUT2D eigenvalue weighted by atomic mass is 32.2. The molecule has 9 heteroatoms. The van der Waals surface area contributed by atoms with Gasteiger partial charge in [0.05, 0.1) is 10.6 Å². The second-order valence-corrected chi connectivity index (χ2v) is 9.10. The van der Waals surface area contributed by atoms with Crippen LogP contribution in [0.3, 0.4) is 0 Å². The number of hydrogen-bond donors (Lipinski definition) is 2. The number of thiophene rings is 1. The molecule has 3 rings (SSSR count). The molecule has 1 atom stereocenters. The molecule has 26 heavy (non-hydrogen) atoms. The Morgan fingerprint density at radius 1 is 1.35 bits per heavy atom. The van der Waals surface area contributed by atoms with Crippen LogP contribution in [0.2, 0.25) is 0 Å². The van der Waals surface area contributed by atoms with Crippen molar-refractivity contribution in [3.8, 4) is 0 Å². The van der Waals surface area contributed by atoms with E-state index >= 15 is 0 Å². The van der Waals surface area contributed by atoms with E-state index in [1.807, 2.05) is 13.8 Å². The number of nitrogens with two attached hydrogens (primary N) is 1. The van der Waals surface area contributed by atoms with Crippen molar-refractivity contribution in [1.82, 2.24) is 14.9 Å². The van der Waals surface area contributed by atoms with Gasteiger partial charge < -0.3 is 5.73 Å². The average Bonchev–Trinajstić information content (AvgIpc) is 3.16. The number of carbonyl (C=O) groups is 2. The normalized spacial score (nSPS) is 16.1. The minimum absolute atomic E-state index is 0.0336. The quantitative estimate of drug-likeness (QED) is 0.612. The van der Waals surface area contributed by atoms with Gasteiger partial charge in [-0.05, 0) is 39.2 Å². The summed E-state index contributed by atoms with van der Waals surface area (Å²) in [6, 6.07) is -0.781. The molecule has 1 aliphatic carbocycles. The van der Waals surface area contributed by atoms with E-state index in [4.69, 9.17) is 10.7 Å². The molecule has 0 aromatic carbocycles. The number of nitrogens with zero attached hydrogens (tertiary/aromatic N) is 2. The molecule has 0 aliphatic heterocycles. The summed E-state index contributed by atoms with van der Waals surface area (Å²) < 4.78 is 1.76. The highest BCUT2D eigenvalue weighted by molar-refractivity contribution is 8.00. The topological polar surface area (TPSA) is 107 Å². The number of aryl methyl sites for hydroxylation is 2. The molecule has 1 unspecified atom stereocenters. The summed E-state index contributed by atoms with van der Waals surface area (Å²) in [5.74, 6) is -0.492. The van der Waals surface area contributed by atoms with Gasteiger partial charge in [0.1, 0.15) is 4.83 Å². The lowest BCUT2D eigenvalue weighted by molar-refractivity contribution is -0.119. The maximum Gasteiger partial charge on any atom is 0.318 e. The van der Waals surface area contributed by atoms with E-state index in [1.54, 1.807) is 11.5 Å². The molecule has 0 saturated heterocycles. The first-order valence-electron chi connectivity index (χ1n) is 8.58. The third-order valence-corrected chi connectivity index (χ3v) is 6.96. The number of thioether (sulfide) groups is 1. The smallest absolute Gasteiger partial charge is 0.318 e. The molecule has 2 aromatic rings. The van der Waals surface area contributed by atoms with E-state index < -0.39 is 17.2 Å². The van der Waals surface area contributed by atoms with E-state index in [2.05, 4.69) is 5.32 Å². The Morgan fingerprint density at radius 2 is 2.00 bits per heavy atom. The predicted octanol–water partition coefficient (Wildman–Crippen LogP) is 2.87. The first-order valence-corrected chi connectivity index (χ1v) is 10.3. The second kappa shape index (κ2) is 7.40. The van der Waals surface area contributed by atoms with Gasteiger partial charge in [0.2, 0.25) is 5.91 Å². The third kappa shape index (κ3) is 3.50. The zero-order chi connectivity index (χ0) is 19.0. The predicted molar refractivity (Wildman–Crippen MR) is 104 cm³/mol. The molecule has 7 nitrogen and oxygen atoms in total. The summed E-state index contributed by atoms with van der Waals surface area (Å²) in [5, 5.41) is 2.70. The Morgan fingerprint density at radius 3 is 2.62 bits per heavy atom. The number of fused-ring (bicyclic) bond motifs is 1. The van der Waals surface area contributed by atoms with E-state index in [-0.39, 0.29) is 11.6 Å². The highest BCUT2D eigenvalue weighted by Gasteiger charge is 2.27. The molecular weight excluding hydrogens is 372 g/mol. The van der Waals surface area contributed by atoms with Gasteiger partial charge >= 0.3 is 6.03 Å². The van der Waals surface area contributed by atoms with E-state index in [1.165, 1.54) is 23.1 Å². The number of hydrogen-bond acceptors (Lipinski definition) is 6. The number of imide groups is 1. The number of primary amides is 1. The number of amides is 3. The van der Waals surface area contributed by atoms with Crippen molar-refractivity contribution in [2.75, 3.05) is 0 Å². The standard InChI is InChI=1S/C17H22N4O3S2/c1-8-9(2)25-14-12(8)15(23)21(11-6-4-5-7-11)17(20-14)26-10(3)13(22)19-16(18)24/h10-11H,4-7H2,1-3H3,(H3,18,19,22,24). The van der Waals surface area contributed by atoms with Crippen LogP contribution in [0.15, 0.2) is 9.95 Å². The summed E-state index contributed by atoms with van der Waals surface area (Å²) in [6.45, 7) is 5.60. The minimum atomic E-state index is -0.886. The summed E-state index contributed by atoms with van der Waals surface area (Å²) >= 11 is 2.68. The number of nitrogens with one attached hydrogen (secondary N) is 1. The molecule has 3 N–H and O–H groups in total. The molecule has 2 aromatic heterocycles.